The van der Waals surface area contributed by atoms with Gasteiger partial charge in [0.2, 0.25) is 0 Å². The number of hydrogen-bond donors (Lipinski definition) is 0. The molecule has 1 aromatic heterocycles. The molecule has 8 heteroatoms. The standard InChI is InChI=1S/C21H26N4O4/c1-28-15-6-7-16(19(13-15)29-2)20(26)23-9-11-24(12-10-23)21(27)17-14-22-25-8-4-3-5-18(17)25/h6-7,13-14H,3-5,8-12H2,1-2H3. The van der Waals surface area contributed by atoms with E-state index in [2.05, 4.69) is 5.10 Å². The predicted molar refractivity (Wildman–Crippen MR) is 107 cm³/mol. The molecule has 154 valence electrons. The molecule has 2 aliphatic rings. The Morgan fingerprint density at radius 1 is 0.897 bits per heavy atom. The van der Waals surface area contributed by atoms with Crippen LogP contribution >= 0.6 is 0 Å². The van der Waals surface area contributed by atoms with Gasteiger partial charge < -0.3 is 19.3 Å². The molecular formula is C21H26N4O4. The van der Waals surface area contributed by atoms with Crippen LogP contribution in [-0.4, -0.2) is 71.8 Å². The van der Waals surface area contributed by atoms with Gasteiger partial charge in [0.05, 0.1) is 37.2 Å². The van der Waals surface area contributed by atoms with E-state index in [1.165, 1.54) is 7.11 Å². The third-order valence-corrected chi connectivity index (χ3v) is 5.71. The molecule has 4 rings (SSSR count). The first-order valence-electron chi connectivity index (χ1n) is 9.97. The van der Waals surface area contributed by atoms with E-state index in [1.807, 2.05) is 9.58 Å². The first-order valence-corrected chi connectivity index (χ1v) is 9.97. The summed E-state index contributed by atoms with van der Waals surface area (Å²) in [5.74, 6) is 1.04. The fourth-order valence-corrected chi connectivity index (χ4v) is 4.03. The topological polar surface area (TPSA) is 76.9 Å². The number of aromatic nitrogens is 2. The highest BCUT2D eigenvalue weighted by molar-refractivity contribution is 5.98. The maximum atomic E-state index is 13.0. The lowest BCUT2D eigenvalue weighted by Crippen LogP contribution is -2.50. The minimum absolute atomic E-state index is 0.0160. The van der Waals surface area contributed by atoms with Gasteiger partial charge in [-0.1, -0.05) is 0 Å². The van der Waals surface area contributed by atoms with E-state index >= 15 is 0 Å². The Labute approximate surface area is 170 Å². The normalized spacial score (nSPS) is 16.3. The van der Waals surface area contributed by atoms with Gasteiger partial charge in [0.25, 0.3) is 11.8 Å². The molecule has 0 spiro atoms. The molecule has 29 heavy (non-hydrogen) atoms. The molecule has 0 bridgehead atoms. The van der Waals surface area contributed by atoms with Crippen LogP contribution in [0.25, 0.3) is 0 Å². The molecular weight excluding hydrogens is 372 g/mol. The van der Waals surface area contributed by atoms with Gasteiger partial charge in [-0.2, -0.15) is 5.10 Å². The number of rotatable bonds is 4. The summed E-state index contributed by atoms with van der Waals surface area (Å²) in [6, 6.07) is 5.17. The smallest absolute Gasteiger partial charge is 0.257 e. The summed E-state index contributed by atoms with van der Waals surface area (Å²) in [5.41, 5.74) is 2.25. The van der Waals surface area contributed by atoms with Gasteiger partial charge >= 0.3 is 0 Å². The Morgan fingerprint density at radius 3 is 2.24 bits per heavy atom. The van der Waals surface area contributed by atoms with Gasteiger partial charge in [-0.15, -0.1) is 0 Å². The summed E-state index contributed by atoms with van der Waals surface area (Å²) in [7, 11) is 3.11. The lowest BCUT2D eigenvalue weighted by atomic mass is 10.1. The van der Waals surface area contributed by atoms with Crippen LogP contribution in [0, 0.1) is 0 Å². The van der Waals surface area contributed by atoms with Crippen molar-refractivity contribution in [1.29, 1.82) is 0 Å². The monoisotopic (exact) mass is 398 g/mol. The summed E-state index contributed by atoms with van der Waals surface area (Å²) < 4.78 is 12.5. The zero-order chi connectivity index (χ0) is 20.4. The highest BCUT2D eigenvalue weighted by Gasteiger charge is 2.29. The number of fused-ring (bicyclic) bond motifs is 1. The number of ether oxygens (including phenoxy) is 2. The van der Waals surface area contributed by atoms with E-state index in [1.54, 1.807) is 36.4 Å². The van der Waals surface area contributed by atoms with Crippen LogP contribution in [0.2, 0.25) is 0 Å². The van der Waals surface area contributed by atoms with Crippen LogP contribution in [0.5, 0.6) is 11.5 Å². The number of amides is 2. The Bertz CT molecular complexity index is 915. The lowest BCUT2D eigenvalue weighted by molar-refractivity contribution is 0.0532. The number of carbonyl (C=O) groups is 2. The second-order valence-corrected chi connectivity index (χ2v) is 7.34. The van der Waals surface area contributed by atoms with Crippen molar-refractivity contribution in [3.8, 4) is 11.5 Å². The van der Waals surface area contributed by atoms with Gasteiger partial charge in [0.15, 0.2) is 0 Å². The van der Waals surface area contributed by atoms with Crippen LogP contribution in [0.1, 0.15) is 39.3 Å². The van der Waals surface area contributed by atoms with Crippen LogP contribution in [-0.2, 0) is 13.0 Å². The van der Waals surface area contributed by atoms with E-state index < -0.39 is 0 Å². The van der Waals surface area contributed by atoms with E-state index in [0.717, 1.165) is 31.5 Å². The summed E-state index contributed by atoms with van der Waals surface area (Å²) >= 11 is 0. The van der Waals surface area contributed by atoms with Gasteiger partial charge in [0.1, 0.15) is 11.5 Å². The van der Waals surface area contributed by atoms with Crippen LogP contribution in [0.4, 0.5) is 0 Å². The van der Waals surface area contributed by atoms with Crippen molar-refractivity contribution in [2.45, 2.75) is 25.8 Å². The Hall–Kier alpha value is -3.03. The molecule has 2 aromatic rings. The number of aryl methyl sites for hydroxylation is 1. The summed E-state index contributed by atoms with van der Waals surface area (Å²) in [4.78, 5) is 29.5. The highest BCUT2D eigenvalue weighted by Crippen LogP contribution is 2.26. The first kappa shape index (κ1) is 19.3. The molecule has 0 atom stereocenters. The van der Waals surface area contributed by atoms with Crippen LogP contribution in [0.3, 0.4) is 0 Å². The zero-order valence-electron chi connectivity index (χ0n) is 16.9. The van der Waals surface area contributed by atoms with Crippen molar-refractivity contribution >= 4 is 11.8 Å². The molecule has 2 amide bonds. The van der Waals surface area contributed by atoms with Crippen molar-refractivity contribution in [1.82, 2.24) is 19.6 Å². The molecule has 1 saturated heterocycles. The fourth-order valence-electron chi connectivity index (χ4n) is 4.03. The zero-order valence-corrected chi connectivity index (χ0v) is 16.9. The fraction of sp³-hybridized carbons (Fsp3) is 0.476. The molecule has 2 aliphatic heterocycles. The number of nitrogens with zero attached hydrogens (tertiary/aromatic N) is 4. The Balaban J connectivity index is 1.42. The van der Waals surface area contributed by atoms with Gasteiger partial charge in [-0.25, -0.2) is 0 Å². The van der Waals surface area contributed by atoms with Crippen molar-refractivity contribution in [3.63, 3.8) is 0 Å². The molecule has 0 saturated carbocycles. The maximum Gasteiger partial charge on any atom is 0.257 e. The molecule has 0 radical (unpaired) electrons. The van der Waals surface area contributed by atoms with Crippen molar-refractivity contribution in [2.75, 3.05) is 40.4 Å². The molecule has 0 unspecified atom stereocenters. The molecule has 8 nitrogen and oxygen atoms in total. The minimum Gasteiger partial charge on any atom is -0.497 e. The highest BCUT2D eigenvalue weighted by atomic mass is 16.5. The lowest BCUT2D eigenvalue weighted by Gasteiger charge is -2.35. The largest absolute Gasteiger partial charge is 0.497 e. The predicted octanol–water partition coefficient (Wildman–Crippen LogP) is 1.83. The average molecular weight is 398 g/mol. The number of piperazine rings is 1. The second-order valence-electron chi connectivity index (χ2n) is 7.34. The Morgan fingerprint density at radius 2 is 1.59 bits per heavy atom. The van der Waals surface area contributed by atoms with Gasteiger partial charge in [-0.05, 0) is 31.4 Å². The molecule has 0 N–H and O–H groups in total. The summed E-state index contributed by atoms with van der Waals surface area (Å²) in [6.45, 7) is 2.88. The van der Waals surface area contributed by atoms with Crippen LogP contribution < -0.4 is 9.47 Å². The van der Waals surface area contributed by atoms with Crippen LogP contribution in [0.15, 0.2) is 24.4 Å². The van der Waals surface area contributed by atoms with Gasteiger partial charge in [-0.3, -0.25) is 14.3 Å². The average Bonchev–Trinajstić information content (AvgIpc) is 3.22. The first-order chi connectivity index (χ1) is 14.1. The Kier molecular flexibility index (Phi) is 5.42. The molecule has 1 fully saturated rings. The number of methoxy groups -OCH3 is 2. The van der Waals surface area contributed by atoms with E-state index in [4.69, 9.17) is 9.47 Å². The third-order valence-electron chi connectivity index (χ3n) is 5.71. The van der Waals surface area contributed by atoms with Crippen molar-refractivity contribution in [2.24, 2.45) is 0 Å². The number of benzene rings is 1. The van der Waals surface area contributed by atoms with Gasteiger partial charge in [0, 0.05) is 38.8 Å². The number of hydrogen-bond acceptors (Lipinski definition) is 5. The van der Waals surface area contributed by atoms with E-state index in [0.29, 0.717) is 48.8 Å². The summed E-state index contributed by atoms with van der Waals surface area (Å²) in [6.07, 6.45) is 4.80. The van der Waals surface area contributed by atoms with E-state index in [9.17, 15) is 9.59 Å². The molecule has 0 aliphatic carbocycles. The van der Waals surface area contributed by atoms with E-state index in [-0.39, 0.29) is 11.8 Å². The minimum atomic E-state index is -0.0977. The quantitative estimate of drug-likeness (QED) is 0.785. The summed E-state index contributed by atoms with van der Waals surface area (Å²) in [5, 5.41) is 4.37. The molecule has 3 heterocycles. The third kappa shape index (κ3) is 3.66. The van der Waals surface area contributed by atoms with Crippen molar-refractivity contribution in [3.05, 3.63) is 41.2 Å². The maximum absolute atomic E-state index is 13.0. The number of carbonyl (C=O) groups excluding carboxylic acids is 2. The second kappa shape index (κ2) is 8.14. The van der Waals surface area contributed by atoms with Crippen molar-refractivity contribution < 1.29 is 19.1 Å². The molecule has 1 aromatic carbocycles. The SMILES string of the molecule is COc1ccc(C(=O)N2CCN(C(=O)c3cnn4c3CCCC4)CC2)c(OC)c1.